The van der Waals surface area contributed by atoms with Crippen LogP contribution in [-0.4, -0.2) is 9.79 Å². The molecule has 2 aromatic rings. The Balaban J connectivity index is 2.54. The highest BCUT2D eigenvalue weighted by Crippen LogP contribution is 2.42. The minimum Gasteiger partial charge on any atom is -0.403 e. The number of halogens is 1. The molecular weight excluding hydrogens is 398 g/mol. The van der Waals surface area contributed by atoms with E-state index in [1.165, 1.54) is 12.1 Å². The highest BCUT2D eigenvalue weighted by atomic mass is 127. The standard InChI is InChI=1S/C12H10IO6P/c14-13(15)11-7-6-10(9-4-2-1-3-5-9)8-12(11)19-20(16,17)18/h1-8H,(H2,16,17,18). The summed E-state index contributed by atoms with van der Waals surface area (Å²) in [5.41, 5.74) is 1.39. The van der Waals surface area contributed by atoms with Crippen LogP contribution in [0.1, 0.15) is 0 Å². The van der Waals surface area contributed by atoms with Gasteiger partial charge in [-0.2, -0.15) is 0 Å². The van der Waals surface area contributed by atoms with Crippen molar-refractivity contribution >= 4 is 27.6 Å². The molecule has 6 nitrogen and oxygen atoms in total. The number of hydrogen-bond donors (Lipinski definition) is 2. The molecule has 2 aromatic carbocycles. The molecule has 0 unspecified atom stereocenters. The van der Waals surface area contributed by atoms with Crippen molar-refractivity contribution in [2.45, 2.75) is 0 Å². The van der Waals surface area contributed by atoms with E-state index in [1.54, 1.807) is 30.3 Å². The normalized spacial score (nSPS) is 11.6. The molecule has 0 heterocycles. The number of phosphoric ester groups is 1. The van der Waals surface area contributed by atoms with Gasteiger partial charge in [-0.05, 0) is 23.3 Å². The highest BCUT2D eigenvalue weighted by molar-refractivity contribution is 14.2. The largest absolute Gasteiger partial charge is 0.524 e. The van der Waals surface area contributed by atoms with E-state index < -0.39 is 27.6 Å². The fraction of sp³-hybridized carbons (Fsp3) is 0. The third-order valence-corrected chi connectivity index (χ3v) is 4.70. The Bertz CT molecular complexity index is 727. The Hall–Kier alpha value is -1.28. The van der Waals surface area contributed by atoms with Gasteiger partial charge in [-0.3, -0.25) is 9.79 Å². The second-order valence-corrected chi connectivity index (χ2v) is 7.38. The smallest absolute Gasteiger partial charge is 0.403 e. The first kappa shape index (κ1) is 15.1. The topological polar surface area (TPSA) is 101 Å². The summed E-state index contributed by atoms with van der Waals surface area (Å²) in [4.78, 5) is 17.7. The fourth-order valence-electron chi connectivity index (χ4n) is 1.64. The number of rotatable bonds is 4. The number of hydrogen-bond acceptors (Lipinski definition) is 4. The molecule has 0 aliphatic heterocycles. The first-order chi connectivity index (χ1) is 9.37. The van der Waals surface area contributed by atoms with Crippen LogP contribution in [0.2, 0.25) is 0 Å². The Labute approximate surface area is 121 Å². The Morgan fingerprint density at radius 1 is 0.950 bits per heavy atom. The maximum absolute atomic E-state index is 11.2. The van der Waals surface area contributed by atoms with E-state index >= 15 is 0 Å². The van der Waals surface area contributed by atoms with Crippen molar-refractivity contribution in [3.05, 3.63) is 52.1 Å². The molecule has 8 heteroatoms. The average molecular weight is 408 g/mol. The van der Waals surface area contributed by atoms with Crippen molar-refractivity contribution in [3.8, 4) is 16.9 Å². The highest BCUT2D eigenvalue weighted by Gasteiger charge is 2.21. The second kappa shape index (κ2) is 6.01. The molecule has 106 valence electrons. The monoisotopic (exact) mass is 408 g/mol. The summed E-state index contributed by atoms with van der Waals surface area (Å²) < 4.78 is 37.5. The van der Waals surface area contributed by atoms with Crippen molar-refractivity contribution in [1.82, 2.24) is 0 Å². The molecule has 0 spiro atoms. The molecule has 0 bridgehead atoms. The summed E-state index contributed by atoms with van der Waals surface area (Å²) in [5, 5.41) is 0. The average Bonchev–Trinajstić information content (AvgIpc) is 2.37. The third kappa shape index (κ3) is 3.86. The van der Waals surface area contributed by atoms with Gasteiger partial charge >= 0.3 is 27.6 Å². The minimum absolute atomic E-state index is 0.183. The van der Waals surface area contributed by atoms with Crippen LogP contribution in [0, 0.1) is 3.57 Å². The molecule has 2 N–H and O–H groups in total. The van der Waals surface area contributed by atoms with Crippen LogP contribution in [0.25, 0.3) is 11.1 Å². The predicted molar refractivity (Wildman–Crippen MR) is 78.6 cm³/mol. The van der Waals surface area contributed by atoms with E-state index in [4.69, 9.17) is 9.79 Å². The summed E-state index contributed by atoms with van der Waals surface area (Å²) in [6, 6.07) is 13.2. The van der Waals surface area contributed by atoms with Crippen molar-refractivity contribution < 1.29 is 25.0 Å². The second-order valence-electron chi connectivity index (χ2n) is 3.81. The molecule has 0 atom stereocenters. The predicted octanol–water partition coefficient (Wildman–Crippen LogP) is 3.19. The fourth-order valence-corrected chi connectivity index (χ4v) is 3.39. The molecule has 0 fully saturated rings. The molecule has 0 saturated heterocycles. The molecule has 0 aromatic heterocycles. The molecule has 0 aliphatic carbocycles. The Kier molecular flexibility index (Phi) is 4.54. The summed E-state index contributed by atoms with van der Waals surface area (Å²) in [6.45, 7) is 0. The van der Waals surface area contributed by atoms with Gasteiger partial charge < -0.3 is 4.52 Å². The van der Waals surface area contributed by atoms with Gasteiger partial charge in [0.25, 0.3) is 0 Å². The zero-order valence-electron chi connectivity index (χ0n) is 9.97. The first-order valence-corrected chi connectivity index (χ1v) is 9.74. The van der Waals surface area contributed by atoms with Crippen LogP contribution >= 0.6 is 27.6 Å². The Morgan fingerprint density at radius 2 is 1.60 bits per heavy atom. The van der Waals surface area contributed by atoms with Gasteiger partial charge in [-0.1, -0.05) is 36.4 Å². The van der Waals surface area contributed by atoms with Crippen LogP contribution in [0.5, 0.6) is 5.75 Å². The summed E-state index contributed by atoms with van der Waals surface area (Å²) in [6.07, 6.45) is 0. The van der Waals surface area contributed by atoms with Gasteiger partial charge in [-0.25, -0.2) is 10.7 Å². The Morgan fingerprint density at radius 3 is 2.15 bits per heavy atom. The van der Waals surface area contributed by atoms with Gasteiger partial charge in [0.05, 0.1) is 0 Å². The van der Waals surface area contributed by atoms with Crippen LogP contribution in [-0.2, 0) is 10.7 Å². The molecule has 2 rings (SSSR count). The van der Waals surface area contributed by atoms with Crippen molar-refractivity contribution in [2.24, 2.45) is 0 Å². The molecule has 20 heavy (non-hydrogen) atoms. The minimum atomic E-state index is -4.82. The van der Waals surface area contributed by atoms with Crippen molar-refractivity contribution in [2.75, 3.05) is 0 Å². The van der Waals surface area contributed by atoms with E-state index in [0.717, 1.165) is 5.56 Å². The number of phosphoric acid groups is 1. The van der Waals surface area contributed by atoms with Crippen molar-refractivity contribution in [1.29, 1.82) is 0 Å². The van der Waals surface area contributed by atoms with E-state index in [2.05, 4.69) is 4.52 Å². The van der Waals surface area contributed by atoms with E-state index in [0.29, 0.717) is 5.56 Å². The lowest BCUT2D eigenvalue weighted by atomic mass is 10.1. The van der Waals surface area contributed by atoms with Gasteiger partial charge in [-0.15, -0.1) is 0 Å². The van der Waals surface area contributed by atoms with E-state index in [1.807, 2.05) is 6.07 Å². The number of benzene rings is 2. The van der Waals surface area contributed by atoms with Gasteiger partial charge in [0.15, 0.2) is 5.75 Å². The molecule has 0 radical (unpaired) electrons. The third-order valence-electron chi connectivity index (χ3n) is 2.42. The van der Waals surface area contributed by atoms with Gasteiger partial charge in [0, 0.05) is 0 Å². The maximum atomic E-state index is 11.2. The molecular formula is C12H10IO6P. The zero-order chi connectivity index (χ0) is 14.8. The lowest BCUT2D eigenvalue weighted by molar-refractivity contribution is 0.282. The quantitative estimate of drug-likeness (QED) is 0.596. The van der Waals surface area contributed by atoms with Gasteiger partial charge in [0.1, 0.15) is 3.57 Å². The zero-order valence-corrected chi connectivity index (χ0v) is 13.0. The first-order valence-electron chi connectivity index (χ1n) is 5.37. The van der Waals surface area contributed by atoms with E-state index in [-0.39, 0.29) is 9.32 Å². The van der Waals surface area contributed by atoms with Crippen LogP contribution < -0.4 is 4.52 Å². The van der Waals surface area contributed by atoms with E-state index in [9.17, 15) is 10.7 Å². The van der Waals surface area contributed by atoms with Crippen molar-refractivity contribution in [3.63, 3.8) is 0 Å². The molecule has 0 amide bonds. The maximum Gasteiger partial charge on any atom is 0.524 e. The van der Waals surface area contributed by atoms with Crippen LogP contribution in [0.15, 0.2) is 48.5 Å². The van der Waals surface area contributed by atoms with Gasteiger partial charge in [0.2, 0.25) is 0 Å². The molecule has 0 saturated carbocycles. The summed E-state index contributed by atoms with van der Waals surface area (Å²) in [5.74, 6) is -0.324. The lowest BCUT2D eigenvalue weighted by Crippen LogP contribution is -1.93. The molecule has 0 aliphatic rings. The summed E-state index contributed by atoms with van der Waals surface area (Å²) >= 11 is -3.91. The van der Waals surface area contributed by atoms with Crippen LogP contribution in [0.3, 0.4) is 0 Å². The summed E-state index contributed by atoms with van der Waals surface area (Å²) in [7, 11) is -4.82. The SMILES string of the molecule is O=I(=O)c1ccc(-c2ccccc2)cc1OP(=O)(O)O. The lowest BCUT2D eigenvalue weighted by Gasteiger charge is -2.10. The van der Waals surface area contributed by atoms with Crippen LogP contribution in [0.4, 0.5) is 0 Å².